The number of amides is 1. The van der Waals surface area contributed by atoms with Gasteiger partial charge in [0.1, 0.15) is 5.69 Å². The van der Waals surface area contributed by atoms with E-state index < -0.39 is 4.92 Å². The lowest BCUT2D eigenvalue weighted by atomic mass is 9.79. The number of nitrogens with one attached hydrogen (secondary N) is 2. The number of nitro groups is 1. The van der Waals surface area contributed by atoms with E-state index in [0.717, 1.165) is 52.0 Å². The second kappa shape index (κ2) is 10.7. The van der Waals surface area contributed by atoms with Crippen LogP contribution in [0.3, 0.4) is 0 Å². The van der Waals surface area contributed by atoms with Crippen molar-refractivity contribution in [2.75, 3.05) is 58.4 Å². The number of nitrogens with zero attached hydrogens (tertiary/aromatic N) is 2. The standard InChI is InChI=1S/C21H32N4O5/c1-29-12-9-22-18-6-5-17(15-19(18)25(27)28)20(26)23-16-21(7-3-2-4-8-21)24-10-13-30-14-11-24/h5-6,15,22H,2-4,7-14,16H2,1H3,(H,23,26). The summed E-state index contributed by atoms with van der Waals surface area (Å²) < 4.78 is 10.5. The Kier molecular flexibility index (Phi) is 8.01. The normalized spacial score (nSPS) is 19.2. The third-order valence-corrected chi connectivity index (χ3v) is 6.12. The fourth-order valence-electron chi connectivity index (χ4n) is 4.46. The van der Waals surface area contributed by atoms with Crippen LogP contribution in [0.2, 0.25) is 0 Å². The zero-order valence-corrected chi connectivity index (χ0v) is 17.7. The molecule has 1 saturated heterocycles. The summed E-state index contributed by atoms with van der Waals surface area (Å²) in [5.74, 6) is -0.278. The number of morpholine rings is 1. The van der Waals surface area contributed by atoms with Crippen LogP contribution in [0.4, 0.5) is 11.4 Å². The number of nitro benzene ring substituents is 1. The van der Waals surface area contributed by atoms with E-state index in [9.17, 15) is 14.9 Å². The van der Waals surface area contributed by atoms with Crippen molar-refractivity contribution in [2.24, 2.45) is 0 Å². The van der Waals surface area contributed by atoms with E-state index in [2.05, 4.69) is 15.5 Å². The van der Waals surface area contributed by atoms with Crippen molar-refractivity contribution in [3.63, 3.8) is 0 Å². The number of carbonyl (C=O) groups excluding carboxylic acids is 1. The first-order chi connectivity index (χ1) is 14.6. The number of benzene rings is 1. The molecule has 1 heterocycles. The average molecular weight is 421 g/mol. The van der Waals surface area contributed by atoms with E-state index >= 15 is 0 Å². The van der Waals surface area contributed by atoms with Crippen LogP contribution in [0.15, 0.2) is 18.2 Å². The fraction of sp³-hybridized carbons (Fsp3) is 0.667. The predicted molar refractivity (Wildman–Crippen MR) is 114 cm³/mol. The minimum atomic E-state index is -0.470. The lowest BCUT2D eigenvalue weighted by molar-refractivity contribution is -0.384. The molecule has 0 atom stereocenters. The largest absolute Gasteiger partial charge is 0.383 e. The highest BCUT2D eigenvalue weighted by Crippen LogP contribution is 2.34. The van der Waals surface area contributed by atoms with Gasteiger partial charge >= 0.3 is 0 Å². The summed E-state index contributed by atoms with van der Waals surface area (Å²) in [5, 5.41) is 17.5. The van der Waals surface area contributed by atoms with Gasteiger partial charge in [-0.25, -0.2) is 0 Å². The van der Waals surface area contributed by atoms with Gasteiger partial charge in [-0.05, 0) is 25.0 Å². The molecule has 2 N–H and O–H groups in total. The molecule has 2 aliphatic rings. The molecule has 0 bridgehead atoms. The highest BCUT2D eigenvalue weighted by atomic mass is 16.6. The van der Waals surface area contributed by atoms with Gasteiger partial charge < -0.3 is 20.1 Å². The zero-order chi connectivity index (χ0) is 21.4. The monoisotopic (exact) mass is 420 g/mol. The van der Waals surface area contributed by atoms with Gasteiger partial charge in [0, 0.05) is 50.5 Å². The number of hydrogen-bond donors (Lipinski definition) is 2. The summed E-state index contributed by atoms with van der Waals surface area (Å²) in [6.07, 6.45) is 5.64. The van der Waals surface area contributed by atoms with Crippen molar-refractivity contribution in [3.05, 3.63) is 33.9 Å². The number of hydrogen-bond acceptors (Lipinski definition) is 7. The zero-order valence-electron chi connectivity index (χ0n) is 17.7. The summed E-state index contributed by atoms with van der Waals surface area (Å²) >= 11 is 0. The molecule has 1 aliphatic carbocycles. The van der Waals surface area contributed by atoms with Crippen LogP contribution in [-0.4, -0.2) is 74.4 Å². The van der Waals surface area contributed by atoms with Gasteiger partial charge in [-0.3, -0.25) is 19.8 Å². The Morgan fingerprint density at radius 1 is 1.27 bits per heavy atom. The first kappa shape index (κ1) is 22.5. The van der Waals surface area contributed by atoms with Gasteiger partial charge in [-0.1, -0.05) is 19.3 Å². The third-order valence-electron chi connectivity index (χ3n) is 6.12. The number of ether oxygens (including phenoxy) is 2. The van der Waals surface area contributed by atoms with Gasteiger partial charge in [-0.2, -0.15) is 0 Å². The number of anilines is 1. The highest BCUT2D eigenvalue weighted by Gasteiger charge is 2.38. The van der Waals surface area contributed by atoms with Crippen molar-refractivity contribution >= 4 is 17.3 Å². The molecule has 1 saturated carbocycles. The lowest BCUT2D eigenvalue weighted by Gasteiger charge is -2.48. The van der Waals surface area contributed by atoms with E-state index in [1.807, 2.05) is 0 Å². The van der Waals surface area contributed by atoms with E-state index in [1.54, 1.807) is 19.2 Å². The minimum absolute atomic E-state index is 0.0503. The maximum absolute atomic E-state index is 12.8. The smallest absolute Gasteiger partial charge is 0.293 e. The lowest BCUT2D eigenvalue weighted by Crippen LogP contribution is -2.59. The molecule has 9 heteroatoms. The molecule has 0 unspecified atom stereocenters. The molecule has 0 radical (unpaired) electrons. The van der Waals surface area contributed by atoms with E-state index in [4.69, 9.17) is 9.47 Å². The molecule has 1 aromatic rings. The van der Waals surface area contributed by atoms with Crippen LogP contribution < -0.4 is 10.6 Å². The topological polar surface area (TPSA) is 106 Å². The number of rotatable bonds is 9. The predicted octanol–water partition coefficient (Wildman–Crippen LogP) is 2.42. The number of carbonyl (C=O) groups is 1. The molecule has 3 rings (SSSR count). The molecule has 1 aromatic carbocycles. The van der Waals surface area contributed by atoms with Crippen LogP contribution in [0.5, 0.6) is 0 Å². The summed E-state index contributed by atoms with van der Waals surface area (Å²) in [5.41, 5.74) is 0.516. The van der Waals surface area contributed by atoms with Crippen molar-refractivity contribution < 1.29 is 19.2 Å². The molecule has 1 aliphatic heterocycles. The SMILES string of the molecule is COCCNc1ccc(C(=O)NCC2(N3CCOCC3)CCCCC2)cc1[N+](=O)[O-]. The minimum Gasteiger partial charge on any atom is -0.383 e. The third kappa shape index (κ3) is 5.47. The van der Waals surface area contributed by atoms with E-state index in [0.29, 0.717) is 30.9 Å². The second-order valence-corrected chi connectivity index (χ2v) is 7.98. The molecule has 1 amide bonds. The maximum atomic E-state index is 12.8. The Morgan fingerprint density at radius 3 is 2.67 bits per heavy atom. The average Bonchev–Trinajstić information content (AvgIpc) is 2.79. The quantitative estimate of drug-likeness (QED) is 0.359. The summed E-state index contributed by atoms with van der Waals surface area (Å²) in [7, 11) is 1.57. The first-order valence-corrected chi connectivity index (χ1v) is 10.7. The summed E-state index contributed by atoms with van der Waals surface area (Å²) in [4.78, 5) is 26.3. The van der Waals surface area contributed by atoms with Crippen LogP contribution in [0.25, 0.3) is 0 Å². The molecule has 30 heavy (non-hydrogen) atoms. The van der Waals surface area contributed by atoms with Gasteiger partial charge in [0.2, 0.25) is 0 Å². The van der Waals surface area contributed by atoms with Crippen molar-refractivity contribution in [1.29, 1.82) is 0 Å². The van der Waals surface area contributed by atoms with Crippen LogP contribution in [-0.2, 0) is 9.47 Å². The van der Waals surface area contributed by atoms with E-state index in [-0.39, 0.29) is 17.1 Å². The molecular weight excluding hydrogens is 388 g/mol. The second-order valence-electron chi connectivity index (χ2n) is 7.98. The van der Waals surface area contributed by atoms with E-state index in [1.165, 1.54) is 12.5 Å². The Bertz CT molecular complexity index is 730. The van der Waals surface area contributed by atoms with Crippen LogP contribution in [0, 0.1) is 10.1 Å². The van der Waals surface area contributed by atoms with Gasteiger partial charge in [0.15, 0.2) is 0 Å². The Labute approximate surface area is 177 Å². The summed E-state index contributed by atoms with van der Waals surface area (Å²) in [6.45, 7) is 4.63. The van der Waals surface area contributed by atoms with Crippen molar-refractivity contribution in [3.8, 4) is 0 Å². The van der Waals surface area contributed by atoms with Crippen molar-refractivity contribution in [2.45, 2.75) is 37.6 Å². The highest BCUT2D eigenvalue weighted by molar-refractivity contribution is 5.95. The fourth-order valence-corrected chi connectivity index (χ4v) is 4.46. The Balaban J connectivity index is 1.69. The van der Waals surface area contributed by atoms with Gasteiger partial charge in [-0.15, -0.1) is 0 Å². The Hall–Kier alpha value is -2.23. The van der Waals surface area contributed by atoms with Crippen LogP contribution in [0.1, 0.15) is 42.5 Å². The molecule has 166 valence electrons. The van der Waals surface area contributed by atoms with Crippen LogP contribution >= 0.6 is 0 Å². The van der Waals surface area contributed by atoms with Gasteiger partial charge in [0.25, 0.3) is 11.6 Å². The molecule has 0 spiro atoms. The van der Waals surface area contributed by atoms with Crippen molar-refractivity contribution in [1.82, 2.24) is 10.2 Å². The Morgan fingerprint density at radius 2 is 2.00 bits per heavy atom. The first-order valence-electron chi connectivity index (χ1n) is 10.7. The van der Waals surface area contributed by atoms with Gasteiger partial charge in [0.05, 0.1) is 24.7 Å². The molecular formula is C21H32N4O5. The molecule has 0 aromatic heterocycles. The maximum Gasteiger partial charge on any atom is 0.293 e. The summed E-state index contributed by atoms with van der Waals surface area (Å²) in [6, 6.07) is 4.55. The molecule has 9 nitrogen and oxygen atoms in total. The number of methoxy groups -OCH3 is 1. The molecule has 2 fully saturated rings.